The lowest BCUT2D eigenvalue weighted by Crippen LogP contribution is -2.34. The molecule has 2 aliphatic carbocycles. The third kappa shape index (κ3) is 11.3. The van der Waals surface area contributed by atoms with E-state index in [0.29, 0.717) is 0 Å². The Morgan fingerprint density at radius 3 is 1.40 bits per heavy atom. The quantitative estimate of drug-likeness (QED) is 0.178. The Balaban J connectivity index is -0.00000176. The molecule has 0 amide bonds. The first-order valence-electron chi connectivity index (χ1n) is 17.8. The summed E-state index contributed by atoms with van der Waals surface area (Å²) in [7, 11) is 0. The average Bonchev–Trinajstić information content (AvgIpc) is 3.46. The topological polar surface area (TPSA) is 0 Å². The van der Waals surface area contributed by atoms with Gasteiger partial charge in [-0.05, 0) is 82.9 Å². The summed E-state index contributed by atoms with van der Waals surface area (Å²) in [4.78, 5) is 0. The van der Waals surface area contributed by atoms with Crippen LogP contribution in [0.3, 0.4) is 0 Å². The molecule has 0 saturated carbocycles. The minimum atomic E-state index is -0.192. The predicted octanol–water partition coefficient (Wildman–Crippen LogP) is 15.2. The number of hydrogen-bond acceptors (Lipinski definition) is 1. The third-order valence-corrected chi connectivity index (χ3v) is 8.10. The highest BCUT2D eigenvalue weighted by Gasteiger charge is 2.47. The van der Waals surface area contributed by atoms with Crippen molar-refractivity contribution >= 4 is 18.2 Å². The van der Waals surface area contributed by atoms with Gasteiger partial charge in [0.05, 0.1) is 0 Å². The van der Waals surface area contributed by atoms with Gasteiger partial charge in [0.1, 0.15) is 0 Å². The van der Waals surface area contributed by atoms with E-state index in [9.17, 15) is 0 Å². The summed E-state index contributed by atoms with van der Waals surface area (Å²) in [6.45, 7) is 46.3. The van der Waals surface area contributed by atoms with Crippen molar-refractivity contribution in [3.8, 4) is 0 Å². The first-order valence-corrected chi connectivity index (χ1v) is 18.7. The highest BCUT2D eigenvalue weighted by atomic mass is 32.1. The number of hydrogen-bond donors (Lipinski definition) is 1. The van der Waals surface area contributed by atoms with E-state index in [1.807, 2.05) is 85.8 Å². The Kier molecular flexibility index (Phi) is 25.8. The number of rotatable bonds is 11. The van der Waals surface area contributed by atoms with Crippen LogP contribution in [0.25, 0.3) is 5.57 Å². The van der Waals surface area contributed by atoms with Crippen molar-refractivity contribution in [1.29, 1.82) is 0 Å². The Labute approximate surface area is 299 Å². The molecule has 2 atom stereocenters. The lowest BCUT2D eigenvalue weighted by Gasteiger charge is -2.43. The molecule has 1 aromatic carbocycles. The number of allylic oxidation sites excluding steroid dienone is 16. The maximum Gasteiger partial charge on any atom is 0.0192 e. The van der Waals surface area contributed by atoms with Gasteiger partial charge in [-0.3, -0.25) is 0 Å². The molecule has 1 heteroatoms. The second kappa shape index (κ2) is 25.0. The van der Waals surface area contributed by atoms with Gasteiger partial charge in [0.2, 0.25) is 0 Å². The van der Waals surface area contributed by atoms with Gasteiger partial charge in [0.25, 0.3) is 0 Å². The molecular formula is C46H72S. The number of thiol groups is 1. The van der Waals surface area contributed by atoms with E-state index in [-0.39, 0.29) is 16.2 Å². The molecule has 0 saturated heterocycles. The zero-order valence-electron chi connectivity index (χ0n) is 33.3. The van der Waals surface area contributed by atoms with E-state index in [1.54, 1.807) is 6.26 Å². The van der Waals surface area contributed by atoms with Crippen LogP contribution < -0.4 is 0 Å². The largest absolute Gasteiger partial charge is 0.183 e. The highest BCUT2D eigenvalue weighted by Crippen LogP contribution is 2.59. The maximum absolute atomic E-state index is 4.19. The van der Waals surface area contributed by atoms with Crippen LogP contribution in [0.2, 0.25) is 0 Å². The van der Waals surface area contributed by atoms with Gasteiger partial charge >= 0.3 is 0 Å². The lowest BCUT2D eigenvalue weighted by molar-refractivity contribution is 0.197. The van der Waals surface area contributed by atoms with Crippen LogP contribution in [0.5, 0.6) is 0 Å². The molecule has 262 valence electrons. The third-order valence-electron chi connectivity index (χ3n) is 8.10. The minimum Gasteiger partial charge on any atom is -0.183 e. The lowest BCUT2D eigenvalue weighted by atomic mass is 9.61. The van der Waals surface area contributed by atoms with Crippen LogP contribution in [-0.4, -0.2) is 6.26 Å². The minimum absolute atomic E-state index is 0.00304. The van der Waals surface area contributed by atoms with Crippen LogP contribution in [0.1, 0.15) is 121 Å². The highest BCUT2D eigenvalue weighted by molar-refractivity contribution is 7.79. The smallest absolute Gasteiger partial charge is 0.0192 e. The Morgan fingerprint density at radius 2 is 1.00 bits per heavy atom. The maximum atomic E-state index is 4.19. The first kappa shape index (κ1) is 48.4. The van der Waals surface area contributed by atoms with Crippen molar-refractivity contribution < 1.29 is 0 Å². The molecule has 1 aromatic rings. The van der Waals surface area contributed by atoms with Gasteiger partial charge in [-0.1, -0.05) is 194 Å². The summed E-state index contributed by atoms with van der Waals surface area (Å²) in [5, 5.41) is 0. The van der Waals surface area contributed by atoms with Crippen molar-refractivity contribution in [2.45, 2.75) is 115 Å². The fourth-order valence-corrected chi connectivity index (χ4v) is 7.15. The SMILES string of the molecule is C=C/C=C\C1=C(C=C)C(C=C)=C(/C=C\C)C1(C)CC(C)(C)CC1(C)C(/C=C\C)=C(C=C)c2ccccc21.CC.CC.CC.CC.CS. The molecule has 0 heterocycles. The summed E-state index contributed by atoms with van der Waals surface area (Å²) in [5.41, 5.74) is 9.96. The van der Waals surface area contributed by atoms with E-state index >= 15 is 0 Å². The zero-order valence-corrected chi connectivity index (χ0v) is 34.2. The van der Waals surface area contributed by atoms with Gasteiger partial charge in [-0.15, -0.1) is 0 Å². The van der Waals surface area contributed by atoms with Gasteiger partial charge in [0, 0.05) is 10.8 Å². The summed E-state index contributed by atoms with van der Waals surface area (Å²) in [6.07, 6.45) is 24.7. The summed E-state index contributed by atoms with van der Waals surface area (Å²) < 4.78 is 0. The average molecular weight is 657 g/mol. The van der Waals surface area contributed by atoms with Crippen molar-refractivity contribution in [1.82, 2.24) is 0 Å². The zero-order chi connectivity index (χ0) is 37.4. The van der Waals surface area contributed by atoms with Gasteiger partial charge in [-0.2, -0.15) is 12.6 Å². The first-order chi connectivity index (χ1) is 22.6. The van der Waals surface area contributed by atoms with E-state index in [4.69, 9.17) is 0 Å². The van der Waals surface area contributed by atoms with Gasteiger partial charge < -0.3 is 0 Å². The van der Waals surface area contributed by atoms with Crippen LogP contribution in [0, 0.1) is 10.8 Å². The van der Waals surface area contributed by atoms with Crippen LogP contribution in [0.4, 0.5) is 0 Å². The van der Waals surface area contributed by atoms with E-state index < -0.39 is 0 Å². The molecule has 2 aliphatic rings. The molecule has 0 nitrogen and oxygen atoms in total. The standard InChI is InChI=1S/C37H44.4C2H6.CH4S/c1-11-17-23-33-28(15-5)27(14-4)31(20-12-2)36(33,9)25-35(7,8)26-37(10)32(21-13-3)29(16-6)30-22-18-19-24-34(30)37;5*1-2/h11-24H,1,4-6,25-26H2,2-3,7-10H3;4*1-2H3;2H,1H3/b20-12-,21-13-,23-17-;;;;;. The molecule has 0 aliphatic heterocycles. The van der Waals surface area contributed by atoms with E-state index in [1.165, 1.54) is 44.6 Å². The Hall–Kier alpha value is -3.03. The van der Waals surface area contributed by atoms with Crippen LogP contribution >= 0.6 is 12.6 Å². The molecule has 0 aromatic heterocycles. The van der Waals surface area contributed by atoms with Crippen molar-refractivity contribution in [3.63, 3.8) is 0 Å². The molecule has 3 rings (SSSR count). The van der Waals surface area contributed by atoms with Crippen LogP contribution in [0.15, 0.2) is 139 Å². The number of benzene rings is 1. The van der Waals surface area contributed by atoms with Gasteiger partial charge in [-0.25, -0.2) is 0 Å². The summed E-state index contributed by atoms with van der Waals surface area (Å²) in [5.74, 6) is 0. The molecule has 0 radical (unpaired) electrons. The van der Waals surface area contributed by atoms with E-state index in [2.05, 4.69) is 135 Å². The van der Waals surface area contributed by atoms with Gasteiger partial charge in [0.15, 0.2) is 0 Å². The summed E-state index contributed by atoms with van der Waals surface area (Å²) >= 11 is 3.53. The normalized spacial score (nSPS) is 19.7. The van der Waals surface area contributed by atoms with E-state index in [0.717, 1.165) is 12.8 Å². The molecular weight excluding hydrogens is 585 g/mol. The molecule has 47 heavy (non-hydrogen) atoms. The van der Waals surface area contributed by atoms with Crippen LogP contribution in [-0.2, 0) is 5.41 Å². The molecule has 0 bridgehead atoms. The second-order valence-corrected chi connectivity index (χ2v) is 11.4. The number of fused-ring (bicyclic) bond motifs is 1. The fraction of sp³-hybridized carbons (Fsp3) is 0.435. The molecule has 2 unspecified atom stereocenters. The molecule has 0 spiro atoms. The summed E-state index contributed by atoms with van der Waals surface area (Å²) in [6, 6.07) is 8.85. The second-order valence-electron chi connectivity index (χ2n) is 11.4. The molecule has 0 fully saturated rings. The predicted molar refractivity (Wildman–Crippen MR) is 226 cm³/mol. The van der Waals surface area contributed by atoms with Crippen molar-refractivity contribution in [2.75, 3.05) is 6.26 Å². The Morgan fingerprint density at radius 1 is 0.617 bits per heavy atom. The Bertz CT molecular complexity index is 1300. The fourth-order valence-electron chi connectivity index (χ4n) is 7.15. The van der Waals surface area contributed by atoms with Crippen molar-refractivity contribution in [3.05, 3.63) is 150 Å². The monoisotopic (exact) mass is 657 g/mol. The molecule has 0 N–H and O–H groups in total. The van der Waals surface area contributed by atoms with Crippen molar-refractivity contribution in [2.24, 2.45) is 10.8 Å².